The third-order valence-corrected chi connectivity index (χ3v) is 7.67. The number of ether oxygens (including phenoxy) is 2. The van der Waals surface area contributed by atoms with Crippen LogP contribution in [0.25, 0.3) is 22.3 Å². The van der Waals surface area contributed by atoms with E-state index in [1.165, 1.54) is 36.5 Å². The van der Waals surface area contributed by atoms with Crippen LogP contribution >= 0.6 is 11.6 Å². The molecule has 1 N–H and O–H groups in total. The number of carboxylic acids is 1. The van der Waals surface area contributed by atoms with E-state index < -0.39 is 23.4 Å². The summed E-state index contributed by atoms with van der Waals surface area (Å²) >= 11 is 5.78. The molecule has 3 heterocycles. The number of carbonyl (C=O) groups is 1. The lowest BCUT2D eigenvalue weighted by Gasteiger charge is -2.20. The third kappa shape index (κ3) is 5.78. The predicted molar refractivity (Wildman–Crippen MR) is 152 cm³/mol. The van der Waals surface area contributed by atoms with Gasteiger partial charge in [0.25, 0.3) is 0 Å². The molecule has 6 rings (SSSR count). The van der Waals surface area contributed by atoms with Crippen molar-refractivity contribution in [1.29, 1.82) is 0 Å². The quantitative estimate of drug-likeness (QED) is 0.211. The molecule has 5 aromatic rings. The second kappa shape index (κ2) is 11.7. The fourth-order valence-electron chi connectivity index (χ4n) is 5.18. The Labute approximate surface area is 248 Å². The number of rotatable bonds is 8. The van der Waals surface area contributed by atoms with Crippen LogP contribution in [0.1, 0.15) is 40.3 Å². The molecular formula is C31H24ClF3N4O4. The molecule has 0 spiro atoms. The zero-order valence-corrected chi connectivity index (χ0v) is 23.5. The number of carboxylic acid groups (broad SMARTS) is 1. The normalized spacial score (nSPS) is 16.6. The zero-order valence-electron chi connectivity index (χ0n) is 22.7. The highest BCUT2D eigenvalue weighted by Gasteiger charge is 2.30. The SMILES string of the molecule is C[C@H]1COC[C@H]1n1c(Cc2cc(F)c(-c3ccnc(OCc4ccc(Cl)cc4F)n3)cc2F)nc2ccc(C(=O)O)cc21. The van der Waals surface area contributed by atoms with Gasteiger partial charge in [0.05, 0.1) is 41.5 Å². The second-order valence-electron chi connectivity index (χ2n) is 10.3. The molecule has 43 heavy (non-hydrogen) atoms. The molecule has 2 aromatic heterocycles. The average Bonchev–Trinajstić information content (AvgIpc) is 3.55. The Bertz CT molecular complexity index is 1870. The molecule has 1 saturated heterocycles. The van der Waals surface area contributed by atoms with Crippen molar-refractivity contribution in [3.8, 4) is 17.3 Å². The van der Waals surface area contributed by atoms with Crippen LogP contribution in [0.4, 0.5) is 13.2 Å². The Morgan fingerprint density at radius 1 is 1.02 bits per heavy atom. The number of fused-ring (bicyclic) bond motifs is 1. The van der Waals surface area contributed by atoms with Gasteiger partial charge in [-0.15, -0.1) is 0 Å². The molecule has 1 fully saturated rings. The third-order valence-electron chi connectivity index (χ3n) is 7.43. The Morgan fingerprint density at radius 3 is 2.58 bits per heavy atom. The number of imidazole rings is 1. The van der Waals surface area contributed by atoms with Crippen molar-refractivity contribution in [1.82, 2.24) is 19.5 Å². The number of hydrogen-bond donors (Lipinski definition) is 1. The number of benzene rings is 3. The van der Waals surface area contributed by atoms with E-state index in [1.807, 2.05) is 11.5 Å². The zero-order chi connectivity index (χ0) is 30.2. The highest BCUT2D eigenvalue weighted by atomic mass is 35.5. The van der Waals surface area contributed by atoms with Crippen LogP contribution < -0.4 is 4.74 Å². The summed E-state index contributed by atoms with van der Waals surface area (Å²) in [6, 6.07) is 12.0. The maximum absolute atomic E-state index is 15.5. The summed E-state index contributed by atoms with van der Waals surface area (Å²) in [4.78, 5) is 24.5. The van der Waals surface area contributed by atoms with E-state index in [9.17, 15) is 14.3 Å². The molecule has 0 amide bonds. The van der Waals surface area contributed by atoms with Crippen molar-refractivity contribution < 1.29 is 32.5 Å². The second-order valence-corrected chi connectivity index (χ2v) is 10.8. The lowest BCUT2D eigenvalue weighted by Crippen LogP contribution is -2.18. The molecule has 1 aliphatic heterocycles. The molecule has 0 aliphatic carbocycles. The standard InChI is InChI=1S/C31H24ClF3N4O4/c1-16-13-42-15-28(16)39-27-9-17(30(40)41)3-5-26(27)37-29(39)10-19-8-24(35)21(12-23(19)34)25-6-7-36-31(38-25)43-14-18-2-4-20(32)11-22(18)33/h2-9,11-12,16,28H,10,13-15H2,1H3,(H,40,41)/t16-,28+/m0/s1. The fourth-order valence-corrected chi connectivity index (χ4v) is 5.34. The van der Waals surface area contributed by atoms with Crippen molar-refractivity contribution >= 4 is 28.6 Å². The molecule has 0 radical (unpaired) electrons. The first-order valence-corrected chi connectivity index (χ1v) is 13.8. The van der Waals surface area contributed by atoms with Crippen molar-refractivity contribution in [2.75, 3.05) is 13.2 Å². The lowest BCUT2D eigenvalue weighted by atomic mass is 10.0. The van der Waals surface area contributed by atoms with Crippen molar-refractivity contribution in [2.24, 2.45) is 5.92 Å². The summed E-state index contributed by atoms with van der Waals surface area (Å²) in [5.74, 6) is -2.49. The van der Waals surface area contributed by atoms with E-state index in [2.05, 4.69) is 15.0 Å². The van der Waals surface area contributed by atoms with E-state index in [0.29, 0.717) is 30.1 Å². The van der Waals surface area contributed by atoms with E-state index in [0.717, 1.165) is 18.2 Å². The number of aromatic carboxylic acids is 1. The largest absolute Gasteiger partial charge is 0.478 e. The minimum atomic E-state index is -1.08. The summed E-state index contributed by atoms with van der Waals surface area (Å²) in [7, 11) is 0. The van der Waals surface area contributed by atoms with Gasteiger partial charge in [-0.2, -0.15) is 4.98 Å². The van der Waals surface area contributed by atoms with Crippen molar-refractivity contribution in [3.05, 3.63) is 106 Å². The van der Waals surface area contributed by atoms with Crippen LogP contribution in [-0.2, 0) is 17.8 Å². The monoisotopic (exact) mass is 608 g/mol. The van der Waals surface area contributed by atoms with Gasteiger partial charge in [-0.3, -0.25) is 0 Å². The highest BCUT2D eigenvalue weighted by Crippen LogP contribution is 2.33. The van der Waals surface area contributed by atoms with Crippen LogP contribution in [0.15, 0.2) is 60.8 Å². The van der Waals surface area contributed by atoms with Crippen LogP contribution in [0, 0.1) is 23.4 Å². The van der Waals surface area contributed by atoms with E-state index in [-0.39, 0.29) is 64.0 Å². The van der Waals surface area contributed by atoms with Crippen LogP contribution in [0.3, 0.4) is 0 Å². The Balaban J connectivity index is 1.30. The maximum Gasteiger partial charge on any atom is 0.335 e. The molecule has 0 unspecified atom stereocenters. The van der Waals surface area contributed by atoms with Gasteiger partial charge >= 0.3 is 12.0 Å². The molecule has 8 nitrogen and oxygen atoms in total. The number of aromatic nitrogens is 4. The first-order chi connectivity index (χ1) is 20.7. The van der Waals surface area contributed by atoms with Crippen LogP contribution in [-0.4, -0.2) is 43.8 Å². The molecule has 1 aliphatic rings. The molecule has 2 atom stereocenters. The fraction of sp³-hybridized carbons (Fsp3) is 0.226. The van der Waals surface area contributed by atoms with Crippen molar-refractivity contribution in [2.45, 2.75) is 26.0 Å². The van der Waals surface area contributed by atoms with Gasteiger partial charge in [-0.05, 0) is 54.1 Å². The minimum absolute atomic E-state index is 0.0475. The summed E-state index contributed by atoms with van der Waals surface area (Å²) in [6.45, 7) is 2.71. The summed E-state index contributed by atoms with van der Waals surface area (Å²) in [5, 5.41) is 9.76. The molecule has 12 heteroatoms. The Hall–Kier alpha value is -4.48. The first-order valence-electron chi connectivity index (χ1n) is 13.4. The first kappa shape index (κ1) is 28.6. The Morgan fingerprint density at radius 2 is 1.84 bits per heavy atom. The molecule has 3 aromatic carbocycles. The van der Waals surface area contributed by atoms with Gasteiger partial charge in [0.1, 0.15) is 29.9 Å². The molecule has 0 saturated carbocycles. The molecular weight excluding hydrogens is 585 g/mol. The average molecular weight is 609 g/mol. The van der Waals surface area contributed by atoms with E-state index in [4.69, 9.17) is 21.1 Å². The van der Waals surface area contributed by atoms with Crippen molar-refractivity contribution in [3.63, 3.8) is 0 Å². The Kier molecular flexibility index (Phi) is 7.76. The molecule has 0 bridgehead atoms. The van der Waals surface area contributed by atoms with Crippen LogP contribution in [0.2, 0.25) is 5.02 Å². The number of halogens is 4. The van der Waals surface area contributed by atoms with Crippen LogP contribution in [0.5, 0.6) is 6.01 Å². The van der Waals surface area contributed by atoms with Gasteiger partial charge in [-0.25, -0.2) is 27.9 Å². The van der Waals surface area contributed by atoms with Gasteiger partial charge in [-0.1, -0.05) is 24.6 Å². The summed E-state index contributed by atoms with van der Waals surface area (Å²) in [6.07, 6.45) is 1.29. The smallest absolute Gasteiger partial charge is 0.335 e. The number of hydrogen-bond acceptors (Lipinski definition) is 6. The van der Waals surface area contributed by atoms with Gasteiger partial charge in [0.2, 0.25) is 0 Å². The van der Waals surface area contributed by atoms with Gasteiger partial charge in [0, 0.05) is 34.7 Å². The number of nitrogens with zero attached hydrogens (tertiary/aromatic N) is 4. The summed E-state index contributed by atoms with van der Waals surface area (Å²) in [5.41, 5.74) is 1.49. The highest BCUT2D eigenvalue weighted by molar-refractivity contribution is 6.30. The van der Waals surface area contributed by atoms with Gasteiger partial charge in [0.15, 0.2) is 0 Å². The van der Waals surface area contributed by atoms with E-state index >= 15 is 8.78 Å². The van der Waals surface area contributed by atoms with E-state index in [1.54, 1.807) is 6.07 Å². The minimum Gasteiger partial charge on any atom is -0.478 e. The lowest BCUT2D eigenvalue weighted by molar-refractivity contribution is 0.0697. The predicted octanol–water partition coefficient (Wildman–Crippen LogP) is 6.64. The maximum atomic E-state index is 15.5. The van der Waals surface area contributed by atoms with Gasteiger partial charge < -0.3 is 19.1 Å². The topological polar surface area (TPSA) is 99.4 Å². The molecule has 220 valence electrons. The summed E-state index contributed by atoms with van der Waals surface area (Å²) < 4.78 is 58.1.